The number of aromatic nitrogens is 2. The van der Waals surface area contributed by atoms with Gasteiger partial charge in [-0.2, -0.15) is 0 Å². The number of nitrogens with zero attached hydrogens (tertiary/aromatic N) is 2. The maximum Gasteiger partial charge on any atom is 0.224 e. The number of rotatable bonds is 6. The smallest absolute Gasteiger partial charge is 0.224 e. The van der Waals surface area contributed by atoms with Gasteiger partial charge in [0.15, 0.2) is 0 Å². The molecule has 4 heteroatoms. The Labute approximate surface area is 157 Å². The first kappa shape index (κ1) is 17.8. The fourth-order valence-electron chi connectivity index (χ4n) is 5.01. The molecule has 0 spiro atoms. The predicted molar refractivity (Wildman–Crippen MR) is 106 cm³/mol. The van der Waals surface area contributed by atoms with Crippen LogP contribution in [0, 0.1) is 0 Å². The molecule has 0 aromatic carbocycles. The van der Waals surface area contributed by atoms with Gasteiger partial charge in [-0.3, -0.25) is 0 Å². The molecule has 1 N–H and O–H groups in total. The topological polar surface area (TPSA) is 41.1 Å². The fraction of sp³-hybridized carbons (Fsp3) is 0.682. The second-order valence-corrected chi connectivity index (χ2v) is 8.47. The summed E-state index contributed by atoms with van der Waals surface area (Å²) in [4.78, 5) is 10.3. The van der Waals surface area contributed by atoms with Gasteiger partial charge in [0.05, 0.1) is 17.6 Å². The van der Waals surface area contributed by atoms with Crippen LogP contribution < -0.4 is 4.74 Å². The van der Waals surface area contributed by atoms with E-state index in [2.05, 4.69) is 42.0 Å². The second kappa shape index (κ2) is 7.59. The molecule has 1 unspecified atom stereocenters. The predicted octanol–water partition coefficient (Wildman–Crippen LogP) is 4.99. The molecule has 4 nitrogen and oxygen atoms in total. The number of aromatic amines is 1. The minimum atomic E-state index is 0.311. The Kier molecular flexibility index (Phi) is 5.21. The molecule has 0 saturated heterocycles. The molecule has 0 radical (unpaired) electrons. The monoisotopic (exact) mass is 355 g/mol. The zero-order valence-electron chi connectivity index (χ0n) is 16.6. The highest BCUT2D eigenvalue weighted by Gasteiger charge is 2.32. The van der Waals surface area contributed by atoms with Crippen LogP contribution in [0.4, 0.5) is 0 Å². The van der Waals surface area contributed by atoms with Crippen molar-refractivity contribution in [1.29, 1.82) is 0 Å². The lowest BCUT2D eigenvalue weighted by molar-refractivity contribution is 0.107. The molecule has 0 bridgehead atoms. The first-order valence-corrected chi connectivity index (χ1v) is 10.5. The van der Waals surface area contributed by atoms with Crippen LogP contribution in [0.1, 0.15) is 75.3 Å². The number of fused-ring (bicyclic) bond motifs is 3. The molecule has 0 amide bonds. The van der Waals surface area contributed by atoms with E-state index in [1.807, 2.05) is 0 Å². The van der Waals surface area contributed by atoms with Crippen molar-refractivity contribution in [3.8, 4) is 17.1 Å². The summed E-state index contributed by atoms with van der Waals surface area (Å²) >= 11 is 0. The molecule has 3 aliphatic carbocycles. The molecule has 1 atom stereocenters. The van der Waals surface area contributed by atoms with Crippen molar-refractivity contribution in [3.63, 3.8) is 0 Å². The Balaban J connectivity index is 1.55. The Bertz CT molecular complexity index is 700. The molecule has 1 saturated carbocycles. The zero-order chi connectivity index (χ0) is 18.1. The van der Waals surface area contributed by atoms with Gasteiger partial charge in [0, 0.05) is 6.04 Å². The maximum absolute atomic E-state index is 6.48. The molecular formula is C22H33N3O. The summed E-state index contributed by atoms with van der Waals surface area (Å²) in [6.07, 6.45) is 13.2. The van der Waals surface area contributed by atoms with Crippen LogP contribution in [-0.2, 0) is 6.42 Å². The standard InChI is InChI=1S/C22H33N3O/c1-4-5-6-15-7-8-16-13-19-21(20(15)16)22(24-14-23-19)26-18-11-9-17(10-12-18)25(2)3/h13-15,17-18H,4-12H2,1-3H3,(H,23,24). The Morgan fingerprint density at radius 2 is 2.00 bits per heavy atom. The zero-order valence-corrected chi connectivity index (χ0v) is 16.6. The third kappa shape index (κ3) is 3.36. The van der Waals surface area contributed by atoms with E-state index in [0.29, 0.717) is 18.1 Å². The van der Waals surface area contributed by atoms with Gasteiger partial charge in [-0.15, -0.1) is 0 Å². The van der Waals surface area contributed by atoms with Crippen molar-refractivity contribution >= 4 is 0 Å². The van der Waals surface area contributed by atoms with Gasteiger partial charge in [-0.05, 0) is 82.2 Å². The van der Waals surface area contributed by atoms with E-state index in [1.54, 1.807) is 6.33 Å². The van der Waals surface area contributed by atoms with Gasteiger partial charge >= 0.3 is 0 Å². The van der Waals surface area contributed by atoms with E-state index < -0.39 is 0 Å². The summed E-state index contributed by atoms with van der Waals surface area (Å²) < 4.78 is 6.48. The molecular weight excluding hydrogens is 322 g/mol. The average Bonchev–Trinajstić information content (AvgIpc) is 3.20. The van der Waals surface area contributed by atoms with Gasteiger partial charge in [-0.25, -0.2) is 4.98 Å². The summed E-state index contributed by atoms with van der Waals surface area (Å²) in [5.41, 5.74) is 5.54. The van der Waals surface area contributed by atoms with Gasteiger partial charge in [0.25, 0.3) is 0 Å². The van der Waals surface area contributed by atoms with E-state index in [1.165, 1.54) is 67.3 Å². The van der Waals surface area contributed by atoms with E-state index in [4.69, 9.17) is 4.74 Å². The minimum absolute atomic E-state index is 0.311. The quantitative estimate of drug-likeness (QED) is 0.794. The molecule has 142 valence electrons. The molecule has 0 aromatic heterocycles. The molecule has 1 fully saturated rings. The highest BCUT2D eigenvalue weighted by Crippen LogP contribution is 2.48. The first-order valence-electron chi connectivity index (χ1n) is 10.5. The highest BCUT2D eigenvalue weighted by atomic mass is 16.5. The number of hydrogen-bond donors (Lipinski definition) is 1. The van der Waals surface area contributed by atoms with E-state index >= 15 is 0 Å². The number of nitrogens with one attached hydrogen (secondary N) is 1. The van der Waals surface area contributed by atoms with E-state index in [9.17, 15) is 0 Å². The first-order chi connectivity index (χ1) is 12.7. The van der Waals surface area contributed by atoms with Crippen LogP contribution in [0.15, 0.2) is 12.4 Å². The molecule has 0 aromatic rings. The Hall–Kier alpha value is -1.55. The van der Waals surface area contributed by atoms with Crippen LogP contribution in [-0.4, -0.2) is 41.1 Å². The summed E-state index contributed by atoms with van der Waals surface area (Å²) in [6, 6.07) is 3.04. The average molecular weight is 356 g/mol. The van der Waals surface area contributed by atoms with Crippen molar-refractivity contribution in [2.24, 2.45) is 0 Å². The summed E-state index contributed by atoms with van der Waals surface area (Å²) in [7, 11) is 4.38. The van der Waals surface area contributed by atoms with Crippen molar-refractivity contribution in [1.82, 2.24) is 14.9 Å². The van der Waals surface area contributed by atoms with Crippen LogP contribution in [0.2, 0.25) is 0 Å². The second-order valence-electron chi connectivity index (χ2n) is 8.47. The summed E-state index contributed by atoms with van der Waals surface area (Å²) in [6.45, 7) is 2.28. The van der Waals surface area contributed by atoms with Crippen molar-refractivity contribution in [2.45, 2.75) is 82.8 Å². The lowest BCUT2D eigenvalue weighted by Crippen LogP contribution is -2.35. The summed E-state index contributed by atoms with van der Waals surface area (Å²) in [5.74, 6) is 1.56. The number of aryl methyl sites for hydroxylation is 1. The highest BCUT2D eigenvalue weighted by molar-refractivity contribution is 5.76. The number of ether oxygens (including phenoxy) is 1. The number of H-pyrrole nitrogens is 1. The Morgan fingerprint density at radius 1 is 1.19 bits per heavy atom. The lowest BCUT2D eigenvalue weighted by Gasteiger charge is -2.32. The van der Waals surface area contributed by atoms with Gasteiger partial charge in [0.1, 0.15) is 6.10 Å². The third-order valence-electron chi connectivity index (χ3n) is 6.55. The van der Waals surface area contributed by atoms with E-state index in [0.717, 1.165) is 18.7 Å². The van der Waals surface area contributed by atoms with Crippen LogP contribution in [0.3, 0.4) is 0 Å². The van der Waals surface area contributed by atoms with Crippen molar-refractivity contribution < 1.29 is 4.74 Å². The molecule has 4 aliphatic rings. The summed E-state index contributed by atoms with van der Waals surface area (Å²) in [5, 5.41) is 0. The minimum Gasteiger partial charge on any atom is -0.474 e. The van der Waals surface area contributed by atoms with Gasteiger partial charge < -0.3 is 14.6 Å². The maximum atomic E-state index is 6.48. The fourth-order valence-corrected chi connectivity index (χ4v) is 5.01. The van der Waals surface area contributed by atoms with E-state index in [-0.39, 0.29) is 0 Å². The Morgan fingerprint density at radius 3 is 2.73 bits per heavy atom. The van der Waals surface area contributed by atoms with Crippen LogP contribution >= 0.6 is 0 Å². The van der Waals surface area contributed by atoms with Crippen LogP contribution in [0.25, 0.3) is 11.3 Å². The molecule has 26 heavy (non-hydrogen) atoms. The van der Waals surface area contributed by atoms with Crippen LogP contribution in [0.5, 0.6) is 5.88 Å². The largest absolute Gasteiger partial charge is 0.474 e. The number of unbranched alkanes of at least 4 members (excludes halogenated alkanes) is 1. The van der Waals surface area contributed by atoms with Crippen molar-refractivity contribution in [2.75, 3.05) is 14.1 Å². The van der Waals surface area contributed by atoms with Crippen molar-refractivity contribution in [3.05, 3.63) is 23.5 Å². The molecule has 4 rings (SSSR count). The van der Waals surface area contributed by atoms with Gasteiger partial charge in [-0.1, -0.05) is 19.8 Å². The normalized spacial score (nSPS) is 25.8. The SMILES string of the molecule is CCCCC1CCc2cc3[nH]cnc(OC4CCC(N(C)C)CC4)c-3c21. The number of hydrogen-bond acceptors (Lipinski definition) is 3. The molecule has 1 aliphatic heterocycles. The lowest BCUT2D eigenvalue weighted by atomic mass is 9.92. The van der Waals surface area contributed by atoms with Gasteiger partial charge in [0.2, 0.25) is 5.88 Å². The molecule has 1 heterocycles. The third-order valence-corrected chi connectivity index (χ3v) is 6.55.